The molecule has 1 fully saturated rings. The summed E-state index contributed by atoms with van der Waals surface area (Å²) < 4.78 is 31.9. The summed E-state index contributed by atoms with van der Waals surface area (Å²) in [4.78, 5) is 15.6. The van der Waals surface area contributed by atoms with E-state index >= 15 is 0 Å². The van der Waals surface area contributed by atoms with Crippen molar-refractivity contribution in [3.8, 4) is 6.07 Å². The SMILES string of the molecule is CC(C)(C)S(=O)(=O)c1ccc(Nc2nn([C@H]3COCCCC3C#N)c3cc[nH]c(=O)c23)cc1. The van der Waals surface area contributed by atoms with E-state index < -0.39 is 14.6 Å². The summed E-state index contributed by atoms with van der Waals surface area (Å²) in [6, 6.07) is 10.2. The molecule has 0 saturated carbocycles. The average Bonchev–Trinajstić information content (AvgIpc) is 2.97. The topological polar surface area (TPSA) is 130 Å². The van der Waals surface area contributed by atoms with Crippen LogP contribution in [-0.2, 0) is 14.6 Å². The van der Waals surface area contributed by atoms with Crippen LogP contribution in [0, 0.1) is 17.2 Å². The van der Waals surface area contributed by atoms with E-state index in [0.717, 1.165) is 6.42 Å². The third-order valence-electron chi connectivity index (χ3n) is 5.90. The second-order valence-corrected chi connectivity index (χ2v) is 11.8. The standard InChI is InChI=1S/C23H27N5O4S/c1-23(2,3)33(30,31)17-8-6-16(7-9-17)26-21-20-18(10-11-25-22(20)29)28(27-21)19-14-32-12-4-5-15(19)13-24/h6-11,15,19H,4-5,12,14H2,1-3H3,(H,25,29)(H,26,27)/t15?,19-/m0/s1. The Hall–Kier alpha value is -3.16. The first-order valence-electron chi connectivity index (χ1n) is 10.8. The van der Waals surface area contributed by atoms with Crippen molar-refractivity contribution in [2.75, 3.05) is 18.5 Å². The van der Waals surface area contributed by atoms with Crippen LogP contribution >= 0.6 is 0 Å². The Morgan fingerprint density at radius 2 is 1.97 bits per heavy atom. The van der Waals surface area contributed by atoms with E-state index in [-0.39, 0.29) is 22.4 Å². The Morgan fingerprint density at radius 3 is 2.64 bits per heavy atom. The maximum atomic E-state index is 12.7. The highest BCUT2D eigenvalue weighted by Crippen LogP contribution is 2.32. The molecule has 0 radical (unpaired) electrons. The van der Waals surface area contributed by atoms with E-state index in [2.05, 4.69) is 21.5 Å². The maximum Gasteiger partial charge on any atom is 0.261 e. The summed E-state index contributed by atoms with van der Waals surface area (Å²) in [6.45, 7) is 5.89. The lowest BCUT2D eigenvalue weighted by Gasteiger charge is -2.20. The number of aromatic nitrogens is 3. The number of nitrogens with zero attached hydrogens (tertiary/aromatic N) is 3. The van der Waals surface area contributed by atoms with E-state index in [1.807, 2.05) is 0 Å². The first kappa shape index (κ1) is 23.0. The van der Waals surface area contributed by atoms with Gasteiger partial charge in [-0.2, -0.15) is 10.4 Å². The van der Waals surface area contributed by atoms with Crippen LogP contribution in [0.3, 0.4) is 0 Å². The number of rotatable bonds is 4. The van der Waals surface area contributed by atoms with Crippen LogP contribution in [0.4, 0.5) is 11.5 Å². The fourth-order valence-corrected chi connectivity index (χ4v) is 5.16. The molecule has 33 heavy (non-hydrogen) atoms. The van der Waals surface area contributed by atoms with E-state index in [0.29, 0.717) is 42.0 Å². The van der Waals surface area contributed by atoms with Crippen molar-refractivity contribution in [3.63, 3.8) is 0 Å². The molecular weight excluding hydrogens is 442 g/mol. The third kappa shape index (κ3) is 4.26. The lowest BCUT2D eigenvalue weighted by atomic mass is 9.97. The molecule has 174 valence electrons. The van der Waals surface area contributed by atoms with Crippen LogP contribution in [0.2, 0.25) is 0 Å². The normalized spacial score (nSPS) is 19.7. The van der Waals surface area contributed by atoms with Crippen LogP contribution in [0.1, 0.15) is 39.7 Å². The average molecular weight is 470 g/mol. The Balaban J connectivity index is 1.74. The molecule has 1 saturated heterocycles. The minimum absolute atomic E-state index is 0.223. The molecule has 2 atom stereocenters. The lowest BCUT2D eigenvalue weighted by Crippen LogP contribution is -2.27. The van der Waals surface area contributed by atoms with Gasteiger partial charge in [-0.15, -0.1) is 0 Å². The van der Waals surface area contributed by atoms with E-state index in [1.54, 1.807) is 49.8 Å². The number of sulfone groups is 1. The Labute approximate surface area is 192 Å². The van der Waals surface area contributed by atoms with E-state index in [4.69, 9.17) is 4.74 Å². The van der Waals surface area contributed by atoms with Gasteiger partial charge >= 0.3 is 0 Å². The summed E-state index contributed by atoms with van der Waals surface area (Å²) >= 11 is 0. The molecule has 0 bridgehead atoms. The lowest BCUT2D eigenvalue weighted by molar-refractivity contribution is 0.110. The largest absolute Gasteiger partial charge is 0.379 e. The summed E-state index contributed by atoms with van der Waals surface area (Å²) in [6.07, 6.45) is 3.04. The second-order valence-electron chi connectivity index (χ2n) is 9.15. The molecular formula is C23H27N5O4S. The monoisotopic (exact) mass is 469 g/mol. The number of benzene rings is 1. The fourth-order valence-electron chi connectivity index (χ4n) is 3.96. The van der Waals surface area contributed by atoms with Crippen LogP contribution in [-0.4, -0.2) is 41.1 Å². The molecule has 10 heteroatoms. The van der Waals surface area contributed by atoms with Gasteiger partial charge in [-0.05, 0) is 63.9 Å². The zero-order valence-electron chi connectivity index (χ0n) is 18.8. The highest BCUT2D eigenvalue weighted by molar-refractivity contribution is 7.92. The van der Waals surface area contributed by atoms with Gasteiger partial charge < -0.3 is 15.0 Å². The van der Waals surface area contributed by atoms with Crippen LogP contribution in [0.25, 0.3) is 10.9 Å². The van der Waals surface area contributed by atoms with Crippen molar-refractivity contribution in [2.45, 2.75) is 49.3 Å². The number of anilines is 2. The minimum Gasteiger partial charge on any atom is -0.379 e. The second kappa shape index (κ2) is 8.65. The van der Waals surface area contributed by atoms with Crippen LogP contribution < -0.4 is 10.9 Å². The number of ether oxygens (including phenoxy) is 1. The molecule has 2 aromatic heterocycles. The van der Waals surface area contributed by atoms with E-state index in [1.165, 1.54) is 12.1 Å². The Kier molecular flexibility index (Phi) is 6.03. The van der Waals surface area contributed by atoms with Gasteiger partial charge in [-0.25, -0.2) is 8.42 Å². The molecule has 0 spiro atoms. The van der Waals surface area contributed by atoms with Crippen LogP contribution in [0.5, 0.6) is 0 Å². The first-order chi connectivity index (χ1) is 15.6. The van der Waals surface area contributed by atoms with Gasteiger partial charge in [0.15, 0.2) is 15.7 Å². The highest BCUT2D eigenvalue weighted by atomic mass is 32.2. The molecule has 0 amide bonds. The van der Waals surface area contributed by atoms with Gasteiger partial charge in [0.2, 0.25) is 0 Å². The number of fused-ring (bicyclic) bond motifs is 1. The van der Waals surface area contributed by atoms with Gasteiger partial charge in [-0.1, -0.05) is 0 Å². The molecule has 1 aliphatic rings. The first-order valence-corrected chi connectivity index (χ1v) is 12.3. The summed E-state index contributed by atoms with van der Waals surface area (Å²) in [5.41, 5.74) is 0.881. The number of pyridine rings is 1. The fraction of sp³-hybridized carbons (Fsp3) is 0.435. The number of nitrogens with one attached hydrogen (secondary N) is 2. The summed E-state index contributed by atoms with van der Waals surface area (Å²) in [5.74, 6) is 0.0452. The predicted octanol–water partition coefficient (Wildman–Crippen LogP) is 3.53. The molecule has 3 aromatic rings. The smallest absolute Gasteiger partial charge is 0.261 e. The molecule has 9 nitrogen and oxygen atoms in total. The molecule has 4 rings (SSSR count). The summed E-state index contributed by atoms with van der Waals surface area (Å²) in [5, 5.41) is 17.8. The highest BCUT2D eigenvalue weighted by Gasteiger charge is 2.31. The molecule has 1 unspecified atom stereocenters. The predicted molar refractivity (Wildman–Crippen MR) is 125 cm³/mol. The maximum absolute atomic E-state index is 12.7. The van der Waals surface area contributed by atoms with Gasteiger partial charge in [-0.3, -0.25) is 9.48 Å². The van der Waals surface area contributed by atoms with E-state index in [9.17, 15) is 18.5 Å². The minimum atomic E-state index is -3.48. The number of H-pyrrole nitrogens is 1. The van der Waals surface area contributed by atoms with Crippen molar-refractivity contribution in [1.82, 2.24) is 14.8 Å². The number of hydrogen-bond acceptors (Lipinski definition) is 7. The zero-order valence-corrected chi connectivity index (χ0v) is 19.6. The van der Waals surface area contributed by atoms with Crippen molar-refractivity contribution in [3.05, 3.63) is 46.9 Å². The van der Waals surface area contributed by atoms with Gasteiger partial charge in [0.05, 0.1) is 39.8 Å². The van der Waals surface area contributed by atoms with Crippen LogP contribution in [0.15, 0.2) is 46.2 Å². The van der Waals surface area contributed by atoms with Crippen molar-refractivity contribution < 1.29 is 13.2 Å². The van der Waals surface area contributed by atoms with Crippen molar-refractivity contribution >= 4 is 32.2 Å². The van der Waals surface area contributed by atoms with Gasteiger partial charge in [0.1, 0.15) is 5.39 Å². The Bertz CT molecular complexity index is 1360. The Morgan fingerprint density at radius 1 is 1.24 bits per heavy atom. The van der Waals surface area contributed by atoms with Gasteiger partial charge in [0, 0.05) is 18.5 Å². The summed E-state index contributed by atoms with van der Waals surface area (Å²) in [7, 11) is -3.48. The molecule has 1 aliphatic heterocycles. The molecule has 0 aliphatic carbocycles. The quantitative estimate of drug-likeness (QED) is 0.598. The van der Waals surface area contributed by atoms with Crippen molar-refractivity contribution in [1.29, 1.82) is 5.26 Å². The molecule has 3 heterocycles. The number of aromatic amines is 1. The van der Waals surface area contributed by atoms with Gasteiger partial charge in [0.25, 0.3) is 5.56 Å². The molecule has 2 N–H and O–H groups in total. The number of nitriles is 1. The zero-order chi connectivity index (χ0) is 23.8. The number of hydrogen-bond donors (Lipinski definition) is 2. The van der Waals surface area contributed by atoms with Crippen molar-refractivity contribution in [2.24, 2.45) is 5.92 Å². The third-order valence-corrected chi connectivity index (χ3v) is 8.41. The molecule has 1 aromatic carbocycles.